The van der Waals surface area contributed by atoms with Gasteiger partial charge < -0.3 is 4.74 Å². The minimum absolute atomic E-state index is 0.00210. The number of aryl methyl sites for hydroxylation is 1. The number of hydrogen-bond acceptors (Lipinski definition) is 4. The first-order valence-electron chi connectivity index (χ1n) is 11.3. The van der Waals surface area contributed by atoms with Crippen molar-refractivity contribution >= 4 is 10.1 Å². The Morgan fingerprint density at radius 2 is 1.69 bits per heavy atom. The molecule has 0 spiro atoms. The van der Waals surface area contributed by atoms with E-state index in [1.807, 2.05) is 25.1 Å². The minimum atomic E-state index is -3.82. The summed E-state index contributed by atoms with van der Waals surface area (Å²) in [5.41, 5.74) is 5.74. The highest BCUT2D eigenvalue weighted by Crippen LogP contribution is 2.44. The second kappa shape index (κ2) is 8.72. The van der Waals surface area contributed by atoms with Crippen LogP contribution in [0.15, 0.2) is 71.6 Å². The first kappa shape index (κ1) is 21.2. The molecule has 0 saturated heterocycles. The molecule has 0 radical (unpaired) electrons. The van der Waals surface area contributed by atoms with Crippen molar-refractivity contribution in [2.75, 3.05) is 6.61 Å². The van der Waals surface area contributed by atoms with Crippen LogP contribution >= 0.6 is 0 Å². The molecular formula is C27H28O4S. The predicted molar refractivity (Wildman–Crippen MR) is 126 cm³/mol. The van der Waals surface area contributed by atoms with E-state index in [1.165, 1.54) is 31.2 Å². The lowest BCUT2D eigenvalue weighted by Gasteiger charge is -2.16. The zero-order valence-electron chi connectivity index (χ0n) is 18.3. The summed E-state index contributed by atoms with van der Waals surface area (Å²) in [6.07, 6.45) is 5.36. The van der Waals surface area contributed by atoms with Crippen LogP contribution in [0.4, 0.5) is 0 Å². The Morgan fingerprint density at radius 1 is 0.969 bits per heavy atom. The van der Waals surface area contributed by atoms with Crippen LogP contribution < -0.4 is 4.74 Å². The maximum atomic E-state index is 12.6. The standard InChI is InChI=1S/C27H28O4S/c1-19-11-13-25(14-12-19)32(28,29)30-18-24-16-23-15-22(20-7-5-6-8-20)17-26(27(23)31-24)21-9-3-2-4-10-21/h2-4,9-15,17,20,24H,5-8,16,18H2,1H3. The number of hydrogen-bond donors (Lipinski definition) is 0. The maximum absolute atomic E-state index is 12.6. The predicted octanol–water partition coefficient (Wildman–Crippen LogP) is 6.03. The molecule has 2 aliphatic rings. The fourth-order valence-electron chi connectivity index (χ4n) is 4.82. The topological polar surface area (TPSA) is 52.6 Å². The Hall–Kier alpha value is -2.63. The van der Waals surface area contributed by atoms with Gasteiger partial charge in [-0.25, -0.2) is 0 Å². The fourth-order valence-corrected chi connectivity index (χ4v) is 5.75. The van der Waals surface area contributed by atoms with E-state index >= 15 is 0 Å². The van der Waals surface area contributed by atoms with Gasteiger partial charge in [-0.1, -0.05) is 66.9 Å². The highest BCUT2D eigenvalue weighted by atomic mass is 32.2. The summed E-state index contributed by atoms with van der Waals surface area (Å²) in [6.45, 7) is 1.92. The summed E-state index contributed by atoms with van der Waals surface area (Å²) in [7, 11) is -3.82. The zero-order valence-corrected chi connectivity index (χ0v) is 19.1. The molecule has 0 amide bonds. The van der Waals surface area contributed by atoms with Gasteiger partial charge in [0.25, 0.3) is 10.1 Å². The lowest BCUT2D eigenvalue weighted by molar-refractivity contribution is 0.152. The third-order valence-electron chi connectivity index (χ3n) is 6.55. The summed E-state index contributed by atoms with van der Waals surface area (Å²) in [5.74, 6) is 1.46. The minimum Gasteiger partial charge on any atom is -0.487 e. The third-order valence-corrected chi connectivity index (χ3v) is 7.85. The zero-order chi connectivity index (χ0) is 22.1. The van der Waals surface area contributed by atoms with E-state index in [9.17, 15) is 8.42 Å². The van der Waals surface area contributed by atoms with Gasteiger partial charge in [0, 0.05) is 12.0 Å². The molecule has 0 N–H and O–H groups in total. The Labute approximate surface area is 190 Å². The van der Waals surface area contributed by atoms with Gasteiger partial charge in [-0.3, -0.25) is 4.18 Å². The molecule has 0 bridgehead atoms. The molecule has 1 unspecified atom stereocenters. The highest BCUT2D eigenvalue weighted by Gasteiger charge is 2.30. The van der Waals surface area contributed by atoms with Gasteiger partial charge in [-0.2, -0.15) is 8.42 Å². The van der Waals surface area contributed by atoms with Crippen LogP contribution in [0.5, 0.6) is 5.75 Å². The van der Waals surface area contributed by atoms with Gasteiger partial charge in [-0.15, -0.1) is 0 Å². The van der Waals surface area contributed by atoms with Gasteiger partial charge in [0.05, 0.1) is 4.90 Å². The summed E-state index contributed by atoms with van der Waals surface area (Å²) < 4.78 is 36.9. The molecule has 1 saturated carbocycles. The van der Waals surface area contributed by atoms with Crippen molar-refractivity contribution in [2.24, 2.45) is 0 Å². The number of ether oxygens (including phenoxy) is 1. The molecule has 3 aromatic rings. The van der Waals surface area contributed by atoms with Crippen LogP contribution in [-0.4, -0.2) is 21.1 Å². The summed E-state index contributed by atoms with van der Waals surface area (Å²) in [4.78, 5) is 0.173. The van der Waals surface area contributed by atoms with Gasteiger partial charge in [0.1, 0.15) is 18.5 Å². The number of benzene rings is 3. The van der Waals surface area contributed by atoms with Crippen molar-refractivity contribution < 1.29 is 17.3 Å². The smallest absolute Gasteiger partial charge is 0.297 e. The highest BCUT2D eigenvalue weighted by molar-refractivity contribution is 7.86. The largest absolute Gasteiger partial charge is 0.487 e. The van der Waals surface area contributed by atoms with Crippen LogP contribution in [0.1, 0.15) is 48.3 Å². The van der Waals surface area contributed by atoms with Crippen LogP contribution in [0.25, 0.3) is 11.1 Å². The second-order valence-corrected chi connectivity index (χ2v) is 10.5. The Kier molecular flexibility index (Phi) is 5.78. The summed E-state index contributed by atoms with van der Waals surface area (Å²) in [6, 6.07) is 21.5. The van der Waals surface area contributed by atoms with Crippen molar-refractivity contribution in [2.45, 2.75) is 55.9 Å². The molecule has 1 atom stereocenters. The van der Waals surface area contributed by atoms with Crippen molar-refractivity contribution in [1.82, 2.24) is 0 Å². The van der Waals surface area contributed by atoms with E-state index < -0.39 is 10.1 Å². The van der Waals surface area contributed by atoms with E-state index in [-0.39, 0.29) is 17.6 Å². The Bertz CT molecular complexity index is 1190. The average Bonchev–Trinajstić information content (AvgIpc) is 3.48. The molecule has 4 nitrogen and oxygen atoms in total. The van der Waals surface area contributed by atoms with Crippen molar-refractivity contribution in [3.63, 3.8) is 0 Å². The van der Waals surface area contributed by atoms with Crippen LogP contribution in [0.3, 0.4) is 0 Å². The monoisotopic (exact) mass is 448 g/mol. The fraction of sp³-hybridized carbons (Fsp3) is 0.333. The molecule has 166 valence electrons. The molecule has 1 aliphatic carbocycles. The summed E-state index contributed by atoms with van der Waals surface area (Å²) >= 11 is 0. The summed E-state index contributed by atoms with van der Waals surface area (Å²) in [5, 5.41) is 0. The molecule has 0 aromatic heterocycles. The van der Waals surface area contributed by atoms with Gasteiger partial charge >= 0.3 is 0 Å². The van der Waals surface area contributed by atoms with Crippen LogP contribution in [0, 0.1) is 6.92 Å². The first-order chi connectivity index (χ1) is 15.5. The average molecular weight is 449 g/mol. The maximum Gasteiger partial charge on any atom is 0.297 e. The molecule has 3 aromatic carbocycles. The van der Waals surface area contributed by atoms with Crippen molar-refractivity contribution in [1.29, 1.82) is 0 Å². The molecule has 32 heavy (non-hydrogen) atoms. The van der Waals surface area contributed by atoms with E-state index in [4.69, 9.17) is 8.92 Å². The van der Waals surface area contributed by atoms with E-state index in [0.29, 0.717) is 12.3 Å². The molecule has 5 rings (SSSR count). The molecule has 5 heteroatoms. The second-order valence-electron chi connectivity index (χ2n) is 8.90. The molecule has 1 aliphatic heterocycles. The third kappa shape index (κ3) is 4.32. The van der Waals surface area contributed by atoms with Crippen molar-refractivity contribution in [3.8, 4) is 16.9 Å². The quantitative estimate of drug-likeness (QED) is 0.432. The lowest BCUT2D eigenvalue weighted by Crippen LogP contribution is -2.23. The molecular weight excluding hydrogens is 420 g/mol. The van der Waals surface area contributed by atoms with Gasteiger partial charge in [-0.05, 0) is 60.6 Å². The van der Waals surface area contributed by atoms with Gasteiger partial charge in [0.15, 0.2) is 0 Å². The number of fused-ring (bicyclic) bond motifs is 1. The van der Waals surface area contributed by atoms with E-state index in [2.05, 4.69) is 24.3 Å². The van der Waals surface area contributed by atoms with Crippen molar-refractivity contribution in [3.05, 3.63) is 83.4 Å². The molecule has 1 heterocycles. The van der Waals surface area contributed by atoms with E-state index in [0.717, 1.165) is 28.0 Å². The van der Waals surface area contributed by atoms with Gasteiger partial charge in [0.2, 0.25) is 0 Å². The van der Waals surface area contributed by atoms with Crippen LogP contribution in [0.2, 0.25) is 0 Å². The molecule has 1 fully saturated rings. The SMILES string of the molecule is Cc1ccc(S(=O)(=O)OCC2Cc3cc(C4CCCC4)cc(-c4ccccc4)c3O2)cc1. The Morgan fingerprint density at radius 3 is 2.41 bits per heavy atom. The van der Waals surface area contributed by atoms with Crippen LogP contribution in [-0.2, 0) is 20.7 Å². The first-order valence-corrected chi connectivity index (χ1v) is 12.8. The Balaban J connectivity index is 1.39. The normalized spacial score (nSPS) is 18.5. The van der Waals surface area contributed by atoms with E-state index in [1.54, 1.807) is 24.3 Å². The number of rotatable bonds is 6. The lowest BCUT2D eigenvalue weighted by atomic mass is 9.90.